The number of nitrogens with zero attached hydrogens (tertiary/aromatic N) is 5. The number of para-hydroxylation sites is 1. The van der Waals surface area contributed by atoms with E-state index in [0.717, 1.165) is 22.1 Å². The fourth-order valence-electron chi connectivity index (χ4n) is 3.09. The maximum Gasteiger partial charge on any atom is 0.236 e. The van der Waals surface area contributed by atoms with Crippen LogP contribution in [0.1, 0.15) is 69.1 Å². The summed E-state index contributed by atoms with van der Waals surface area (Å²) in [5.74, 6) is 1.99. The molecule has 2 heterocycles. The predicted molar refractivity (Wildman–Crippen MR) is 124 cm³/mol. The summed E-state index contributed by atoms with van der Waals surface area (Å²) in [5.41, 5.74) is 1.16. The van der Waals surface area contributed by atoms with E-state index >= 15 is 0 Å². The van der Waals surface area contributed by atoms with Crippen LogP contribution in [-0.2, 0) is 4.79 Å². The van der Waals surface area contributed by atoms with Gasteiger partial charge in [0.2, 0.25) is 11.0 Å². The summed E-state index contributed by atoms with van der Waals surface area (Å²) in [5, 5.41) is 21.3. The molecule has 8 nitrogen and oxygen atoms in total. The fourth-order valence-corrected chi connectivity index (χ4v) is 4.57. The number of nitrogens with one attached hydrogen (secondary N) is 1. The molecule has 0 saturated heterocycles. The first kappa shape index (κ1) is 23.2. The van der Waals surface area contributed by atoms with E-state index in [-0.39, 0.29) is 23.8 Å². The van der Waals surface area contributed by atoms with E-state index in [1.807, 2.05) is 36.6 Å². The van der Waals surface area contributed by atoms with Crippen molar-refractivity contribution in [3.05, 3.63) is 40.7 Å². The maximum atomic E-state index is 12.3. The van der Waals surface area contributed by atoms with Gasteiger partial charge < -0.3 is 9.30 Å². The van der Waals surface area contributed by atoms with Crippen molar-refractivity contribution in [2.75, 3.05) is 11.1 Å². The Balaban J connectivity index is 1.72. The summed E-state index contributed by atoms with van der Waals surface area (Å²) in [6, 6.07) is 8.18. The minimum atomic E-state index is -0.289. The highest BCUT2D eigenvalue weighted by Crippen LogP contribution is 2.31. The van der Waals surface area contributed by atoms with Crippen LogP contribution in [0.4, 0.5) is 5.13 Å². The molecule has 2 aromatic heterocycles. The predicted octanol–water partition coefficient (Wildman–Crippen LogP) is 5.01. The molecule has 1 amide bonds. The molecule has 166 valence electrons. The average Bonchev–Trinajstić information content (AvgIpc) is 3.32. The number of aromatic nitrogens is 5. The largest absolute Gasteiger partial charge is 0.482 e. The molecular formula is C21H28N6O2S2. The lowest BCUT2D eigenvalue weighted by molar-refractivity contribution is -0.113. The van der Waals surface area contributed by atoms with Crippen LogP contribution in [0.25, 0.3) is 0 Å². The Kier molecular flexibility index (Phi) is 7.66. The van der Waals surface area contributed by atoms with Gasteiger partial charge in [-0.3, -0.25) is 10.1 Å². The minimum absolute atomic E-state index is 0.118. The number of hydrogen-bond acceptors (Lipinski definition) is 8. The number of amides is 1. The molecule has 0 aliphatic rings. The van der Waals surface area contributed by atoms with Crippen molar-refractivity contribution in [1.29, 1.82) is 0 Å². The third kappa shape index (κ3) is 5.82. The molecule has 1 unspecified atom stereocenters. The van der Waals surface area contributed by atoms with Crippen LogP contribution in [0.5, 0.6) is 5.75 Å². The van der Waals surface area contributed by atoms with Crippen LogP contribution >= 0.6 is 23.1 Å². The number of anilines is 1. The van der Waals surface area contributed by atoms with Crippen LogP contribution in [0, 0.1) is 6.92 Å². The van der Waals surface area contributed by atoms with Crippen LogP contribution in [0.3, 0.4) is 0 Å². The first-order chi connectivity index (χ1) is 14.8. The second kappa shape index (κ2) is 10.2. The highest BCUT2D eigenvalue weighted by atomic mass is 32.2. The van der Waals surface area contributed by atoms with Crippen molar-refractivity contribution < 1.29 is 9.53 Å². The zero-order chi connectivity index (χ0) is 22.5. The van der Waals surface area contributed by atoms with Gasteiger partial charge in [-0.15, -0.1) is 20.4 Å². The highest BCUT2D eigenvalue weighted by Gasteiger charge is 2.23. The Bertz CT molecular complexity index is 1030. The van der Waals surface area contributed by atoms with E-state index < -0.39 is 0 Å². The monoisotopic (exact) mass is 460 g/mol. The second-order valence-electron chi connectivity index (χ2n) is 7.72. The minimum Gasteiger partial charge on any atom is -0.482 e. The van der Waals surface area contributed by atoms with Gasteiger partial charge in [-0.05, 0) is 45.2 Å². The van der Waals surface area contributed by atoms with Gasteiger partial charge in [0.1, 0.15) is 10.8 Å². The van der Waals surface area contributed by atoms with Gasteiger partial charge in [-0.25, -0.2) is 0 Å². The summed E-state index contributed by atoms with van der Waals surface area (Å²) in [6.07, 6.45) is -0.289. The van der Waals surface area contributed by atoms with Gasteiger partial charge in [0.25, 0.3) is 0 Å². The van der Waals surface area contributed by atoms with Gasteiger partial charge in [-0.1, -0.05) is 55.1 Å². The van der Waals surface area contributed by atoms with Crippen LogP contribution in [0.15, 0.2) is 29.4 Å². The van der Waals surface area contributed by atoms with Gasteiger partial charge in [0.05, 0.1) is 5.75 Å². The number of rotatable bonds is 9. The second-order valence-corrected chi connectivity index (χ2v) is 9.84. The van der Waals surface area contributed by atoms with Crippen molar-refractivity contribution in [3.8, 4) is 5.75 Å². The summed E-state index contributed by atoms with van der Waals surface area (Å²) < 4.78 is 8.30. The summed E-state index contributed by atoms with van der Waals surface area (Å²) in [7, 11) is 0. The Morgan fingerprint density at radius 1 is 1.13 bits per heavy atom. The van der Waals surface area contributed by atoms with Crippen molar-refractivity contribution in [2.45, 2.75) is 64.8 Å². The van der Waals surface area contributed by atoms with Crippen LogP contribution in [0.2, 0.25) is 0 Å². The van der Waals surface area contributed by atoms with E-state index in [0.29, 0.717) is 16.2 Å². The molecule has 0 fully saturated rings. The lowest BCUT2D eigenvalue weighted by Crippen LogP contribution is -2.17. The number of aryl methyl sites for hydroxylation is 1. The molecule has 31 heavy (non-hydrogen) atoms. The van der Waals surface area contributed by atoms with Crippen molar-refractivity contribution in [1.82, 2.24) is 25.0 Å². The maximum absolute atomic E-state index is 12.3. The molecule has 3 aromatic rings. The van der Waals surface area contributed by atoms with E-state index in [2.05, 4.69) is 59.5 Å². The molecule has 0 aliphatic heterocycles. The zero-order valence-electron chi connectivity index (χ0n) is 18.6. The Labute approximate surface area is 190 Å². The molecule has 0 radical (unpaired) electrons. The van der Waals surface area contributed by atoms with Crippen molar-refractivity contribution in [2.24, 2.45) is 0 Å². The lowest BCUT2D eigenvalue weighted by atomic mass is 10.0. The van der Waals surface area contributed by atoms with Crippen molar-refractivity contribution >= 4 is 34.1 Å². The smallest absolute Gasteiger partial charge is 0.236 e. The van der Waals surface area contributed by atoms with E-state index in [4.69, 9.17) is 4.74 Å². The molecule has 1 N–H and O–H groups in total. The SMILES string of the molecule is Cc1nnc(NC(=O)CSc2nnc(C(C)Oc3ccccc3C(C)C)n2C(C)C)s1. The van der Waals surface area contributed by atoms with Crippen LogP contribution in [-0.4, -0.2) is 36.6 Å². The normalized spacial score (nSPS) is 12.4. The number of benzene rings is 1. The van der Waals surface area contributed by atoms with E-state index in [1.54, 1.807) is 0 Å². The fraction of sp³-hybridized carbons (Fsp3) is 0.476. The highest BCUT2D eigenvalue weighted by molar-refractivity contribution is 7.99. The molecule has 10 heteroatoms. The van der Waals surface area contributed by atoms with Gasteiger partial charge in [-0.2, -0.15) is 0 Å². The Morgan fingerprint density at radius 2 is 1.87 bits per heavy atom. The molecule has 0 saturated carbocycles. The number of hydrogen-bond donors (Lipinski definition) is 1. The van der Waals surface area contributed by atoms with Crippen LogP contribution < -0.4 is 10.1 Å². The molecule has 0 spiro atoms. The van der Waals surface area contributed by atoms with E-state index in [9.17, 15) is 4.79 Å². The van der Waals surface area contributed by atoms with Gasteiger partial charge in [0, 0.05) is 6.04 Å². The Hall–Kier alpha value is -2.46. The molecule has 1 atom stereocenters. The third-order valence-corrected chi connectivity index (χ3v) is 6.22. The van der Waals surface area contributed by atoms with Gasteiger partial charge >= 0.3 is 0 Å². The van der Waals surface area contributed by atoms with E-state index in [1.165, 1.54) is 23.1 Å². The summed E-state index contributed by atoms with van der Waals surface area (Å²) >= 11 is 2.68. The Morgan fingerprint density at radius 3 is 2.52 bits per heavy atom. The number of carbonyl (C=O) groups excluding carboxylic acids is 1. The molecule has 0 aliphatic carbocycles. The number of carbonyl (C=O) groups is 1. The quantitative estimate of drug-likeness (QED) is 0.448. The molecular weight excluding hydrogens is 432 g/mol. The standard InChI is InChI=1S/C21H28N6O2S2/c1-12(2)16-9-7-8-10-17(16)29-14(5)19-24-26-21(27(19)13(3)4)30-11-18(28)22-20-25-23-15(6)31-20/h7-10,12-14H,11H2,1-6H3,(H,22,25,28). The molecule has 0 bridgehead atoms. The summed E-state index contributed by atoms with van der Waals surface area (Å²) in [6.45, 7) is 12.2. The van der Waals surface area contributed by atoms with Gasteiger partial charge in [0.15, 0.2) is 17.1 Å². The molecule has 3 rings (SSSR count). The first-order valence-electron chi connectivity index (χ1n) is 10.2. The number of ether oxygens (including phenoxy) is 1. The third-order valence-electron chi connectivity index (χ3n) is 4.52. The van der Waals surface area contributed by atoms with Crippen molar-refractivity contribution in [3.63, 3.8) is 0 Å². The lowest BCUT2D eigenvalue weighted by Gasteiger charge is -2.21. The zero-order valence-corrected chi connectivity index (χ0v) is 20.3. The topological polar surface area (TPSA) is 94.8 Å². The first-order valence-corrected chi connectivity index (χ1v) is 12.0. The average molecular weight is 461 g/mol. The number of thioether (sulfide) groups is 1. The molecule has 1 aromatic carbocycles. The summed E-state index contributed by atoms with van der Waals surface area (Å²) in [4.78, 5) is 12.3.